The van der Waals surface area contributed by atoms with E-state index in [1.165, 1.54) is 13.2 Å². The van der Waals surface area contributed by atoms with E-state index >= 15 is 0 Å². The van der Waals surface area contributed by atoms with E-state index in [0.717, 1.165) is 6.42 Å². The molecule has 0 amide bonds. The Morgan fingerprint density at radius 2 is 2.25 bits per heavy atom. The molecule has 1 aromatic carbocycles. The Kier molecular flexibility index (Phi) is 4.54. The first-order chi connectivity index (χ1) is 9.56. The summed E-state index contributed by atoms with van der Waals surface area (Å²) in [5, 5.41) is 0. The normalized spacial score (nSPS) is 10.6. The number of oxazole rings is 1. The van der Waals surface area contributed by atoms with Gasteiger partial charge in [-0.25, -0.2) is 14.2 Å². The molecule has 0 saturated carbocycles. The van der Waals surface area contributed by atoms with Crippen molar-refractivity contribution in [1.82, 2.24) is 4.98 Å². The summed E-state index contributed by atoms with van der Waals surface area (Å²) >= 11 is 3.08. The Bertz CT molecular complexity index is 639. The third-order valence-electron chi connectivity index (χ3n) is 2.72. The predicted octanol–water partition coefficient (Wildman–Crippen LogP) is 3.98. The molecule has 1 aromatic heterocycles. The molecule has 0 bridgehead atoms. The van der Waals surface area contributed by atoms with E-state index in [0.29, 0.717) is 22.2 Å². The van der Waals surface area contributed by atoms with Gasteiger partial charge in [-0.3, -0.25) is 0 Å². The molecule has 0 atom stereocenters. The van der Waals surface area contributed by atoms with Crippen molar-refractivity contribution >= 4 is 21.9 Å². The molecule has 20 heavy (non-hydrogen) atoms. The van der Waals surface area contributed by atoms with Gasteiger partial charge in [0.15, 0.2) is 0 Å². The summed E-state index contributed by atoms with van der Waals surface area (Å²) in [4.78, 5) is 15.9. The summed E-state index contributed by atoms with van der Waals surface area (Å²) in [5.41, 5.74) is 0.996. The van der Waals surface area contributed by atoms with Gasteiger partial charge < -0.3 is 9.15 Å². The van der Waals surface area contributed by atoms with Crippen LogP contribution in [0.25, 0.3) is 11.5 Å². The van der Waals surface area contributed by atoms with E-state index in [2.05, 4.69) is 25.7 Å². The Morgan fingerprint density at radius 3 is 2.85 bits per heavy atom. The molecular formula is C14H13BrFNO3. The van der Waals surface area contributed by atoms with E-state index < -0.39 is 11.8 Å². The van der Waals surface area contributed by atoms with Crippen molar-refractivity contribution in [2.24, 2.45) is 0 Å². The minimum absolute atomic E-state index is 0.0766. The maximum Gasteiger partial charge on any atom is 0.376 e. The molecule has 2 aromatic rings. The highest BCUT2D eigenvalue weighted by Crippen LogP contribution is 2.26. The molecule has 1 heterocycles. The number of carbonyl (C=O) groups excluding carboxylic acids is 1. The van der Waals surface area contributed by atoms with Crippen LogP contribution in [0.5, 0.6) is 0 Å². The summed E-state index contributed by atoms with van der Waals surface area (Å²) in [6.45, 7) is 1.97. The van der Waals surface area contributed by atoms with E-state index in [9.17, 15) is 9.18 Å². The van der Waals surface area contributed by atoms with Crippen LogP contribution in [0, 0.1) is 5.82 Å². The number of carbonyl (C=O) groups is 1. The summed E-state index contributed by atoms with van der Waals surface area (Å²) in [5.74, 6) is -0.713. The lowest BCUT2D eigenvalue weighted by Crippen LogP contribution is -2.03. The van der Waals surface area contributed by atoms with Gasteiger partial charge in [0, 0.05) is 5.56 Å². The number of hydrogen-bond acceptors (Lipinski definition) is 4. The zero-order chi connectivity index (χ0) is 14.7. The zero-order valence-electron chi connectivity index (χ0n) is 11.1. The Balaban J connectivity index is 2.46. The number of ether oxygens (including phenoxy) is 1. The quantitative estimate of drug-likeness (QED) is 0.789. The summed E-state index contributed by atoms with van der Waals surface area (Å²) in [6.07, 6.45) is 1.40. The van der Waals surface area contributed by atoms with Gasteiger partial charge in [0.25, 0.3) is 0 Å². The van der Waals surface area contributed by atoms with Gasteiger partial charge in [0.1, 0.15) is 5.82 Å². The third-order valence-corrected chi connectivity index (χ3v) is 3.36. The van der Waals surface area contributed by atoms with Gasteiger partial charge in [0.2, 0.25) is 11.7 Å². The molecule has 0 aliphatic heterocycles. The highest BCUT2D eigenvalue weighted by atomic mass is 79.9. The lowest BCUT2D eigenvalue weighted by atomic mass is 10.2. The van der Waals surface area contributed by atoms with Crippen LogP contribution in [0.3, 0.4) is 0 Å². The number of rotatable bonds is 4. The summed E-state index contributed by atoms with van der Waals surface area (Å²) < 4.78 is 24.0. The number of esters is 1. The second-order valence-corrected chi connectivity index (χ2v) is 5.02. The second-order valence-electron chi connectivity index (χ2n) is 4.17. The first-order valence-electron chi connectivity index (χ1n) is 6.10. The minimum Gasteiger partial charge on any atom is -0.463 e. The van der Waals surface area contributed by atoms with Crippen LogP contribution in [-0.4, -0.2) is 18.1 Å². The molecule has 2 rings (SSSR count). The molecular weight excluding hydrogens is 329 g/mol. The molecule has 0 spiro atoms. The molecule has 0 N–H and O–H groups in total. The van der Waals surface area contributed by atoms with E-state index in [1.54, 1.807) is 12.1 Å². The van der Waals surface area contributed by atoms with Crippen molar-refractivity contribution in [2.75, 3.05) is 7.11 Å². The number of nitrogens with zero attached hydrogens (tertiary/aromatic N) is 1. The van der Waals surface area contributed by atoms with Crippen molar-refractivity contribution in [3.8, 4) is 11.5 Å². The van der Waals surface area contributed by atoms with Crippen LogP contribution in [0.4, 0.5) is 4.39 Å². The van der Waals surface area contributed by atoms with Crippen molar-refractivity contribution in [3.05, 3.63) is 39.9 Å². The number of aromatic nitrogens is 1. The lowest BCUT2D eigenvalue weighted by molar-refractivity contribution is 0.0564. The Morgan fingerprint density at radius 1 is 1.50 bits per heavy atom. The molecule has 106 valence electrons. The number of aryl methyl sites for hydroxylation is 1. The SMILES string of the molecule is CCCc1nc(-c2ccc(Br)c(F)c2)oc1C(=O)OC. The second kappa shape index (κ2) is 6.17. The first-order valence-corrected chi connectivity index (χ1v) is 6.89. The van der Waals surface area contributed by atoms with Gasteiger partial charge in [-0.15, -0.1) is 0 Å². The number of halogens is 2. The smallest absolute Gasteiger partial charge is 0.376 e. The average molecular weight is 342 g/mol. The fourth-order valence-corrected chi connectivity index (χ4v) is 2.01. The van der Waals surface area contributed by atoms with Crippen LogP contribution < -0.4 is 0 Å². The highest BCUT2D eigenvalue weighted by molar-refractivity contribution is 9.10. The number of hydrogen-bond donors (Lipinski definition) is 0. The molecule has 0 fully saturated rings. The maximum absolute atomic E-state index is 13.5. The highest BCUT2D eigenvalue weighted by Gasteiger charge is 2.21. The molecule has 4 nitrogen and oxygen atoms in total. The first kappa shape index (κ1) is 14.7. The monoisotopic (exact) mass is 341 g/mol. The predicted molar refractivity (Wildman–Crippen MR) is 74.9 cm³/mol. The molecule has 0 aliphatic carbocycles. The average Bonchev–Trinajstić information content (AvgIpc) is 2.85. The largest absolute Gasteiger partial charge is 0.463 e. The van der Waals surface area contributed by atoms with Crippen molar-refractivity contribution in [3.63, 3.8) is 0 Å². The van der Waals surface area contributed by atoms with Crippen LogP contribution in [0.1, 0.15) is 29.6 Å². The third kappa shape index (κ3) is 2.90. The molecule has 0 radical (unpaired) electrons. The Hall–Kier alpha value is -1.69. The minimum atomic E-state index is -0.579. The van der Waals surface area contributed by atoms with Gasteiger partial charge in [0.05, 0.1) is 17.3 Å². The van der Waals surface area contributed by atoms with Crippen molar-refractivity contribution < 1.29 is 18.3 Å². The fourth-order valence-electron chi connectivity index (χ4n) is 1.76. The van der Waals surface area contributed by atoms with E-state index in [1.807, 2.05) is 6.92 Å². The van der Waals surface area contributed by atoms with Gasteiger partial charge in [-0.2, -0.15) is 0 Å². The topological polar surface area (TPSA) is 52.3 Å². The molecule has 0 aliphatic rings. The van der Waals surface area contributed by atoms with Gasteiger partial charge in [-0.1, -0.05) is 13.3 Å². The standard InChI is InChI=1S/C14H13BrFNO3/c1-3-4-11-12(14(18)19-2)20-13(17-11)8-5-6-9(15)10(16)7-8/h5-7H,3-4H2,1-2H3. The van der Waals surface area contributed by atoms with Crippen molar-refractivity contribution in [1.29, 1.82) is 0 Å². The number of methoxy groups -OCH3 is 1. The van der Waals surface area contributed by atoms with Gasteiger partial charge in [-0.05, 0) is 40.5 Å². The van der Waals surface area contributed by atoms with Gasteiger partial charge >= 0.3 is 5.97 Å². The Labute approximate surface area is 124 Å². The fraction of sp³-hybridized carbons (Fsp3) is 0.286. The summed E-state index contributed by atoms with van der Waals surface area (Å²) in [7, 11) is 1.28. The van der Waals surface area contributed by atoms with Crippen LogP contribution >= 0.6 is 15.9 Å². The van der Waals surface area contributed by atoms with E-state index in [4.69, 9.17) is 4.42 Å². The molecule has 0 saturated heterocycles. The lowest BCUT2D eigenvalue weighted by Gasteiger charge is -1.97. The molecule has 0 unspecified atom stereocenters. The molecule has 6 heteroatoms. The van der Waals surface area contributed by atoms with Crippen LogP contribution in [0.15, 0.2) is 27.1 Å². The van der Waals surface area contributed by atoms with Crippen LogP contribution in [0.2, 0.25) is 0 Å². The zero-order valence-corrected chi connectivity index (χ0v) is 12.7. The van der Waals surface area contributed by atoms with Crippen molar-refractivity contribution in [2.45, 2.75) is 19.8 Å². The number of benzene rings is 1. The summed E-state index contributed by atoms with van der Waals surface area (Å²) in [6, 6.07) is 4.52. The maximum atomic E-state index is 13.5. The van der Waals surface area contributed by atoms with Crippen LogP contribution in [-0.2, 0) is 11.2 Å². The van der Waals surface area contributed by atoms with E-state index in [-0.39, 0.29) is 11.7 Å².